The number of nitrogens with zero attached hydrogens (tertiary/aromatic N) is 3. The fourth-order valence-corrected chi connectivity index (χ4v) is 4.61. The third kappa shape index (κ3) is 3.13. The van der Waals surface area contributed by atoms with E-state index in [1.165, 1.54) is 19.2 Å². The molecule has 1 aliphatic rings. The summed E-state index contributed by atoms with van der Waals surface area (Å²) in [6.07, 6.45) is 1.61. The number of rotatable bonds is 5. The zero-order valence-corrected chi connectivity index (χ0v) is 17.4. The number of aryl methyl sites for hydroxylation is 1. The Morgan fingerprint density at radius 2 is 1.97 bits per heavy atom. The maximum Gasteiger partial charge on any atom is 0.256 e. The van der Waals surface area contributed by atoms with Crippen molar-refractivity contribution in [3.63, 3.8) is 0 Å². The summed E-state index contributed by atoms with van der Waals surface area (Å²) >= 11 is 0. The van der Waals surface area contributed by atoms with Gasteiger partial charge in [0.05, 0.1) is 16.8 Å². The minimum atomic E-state index is -3.78. The fraction of sp³-hybridized carbons (Fsp3) is 0.182. The lowest BCUT2D eigenvalue weighted by molar-refractivity contribution is 0.0766. The highest BCUT2D eigenvalue weighted by molar-refractivity contribution is 7.95. The molecule has 2 aromatic carbocycles. The number of benzene rings is 2. The zero-order chi connectivity index (χ0) is 21.6. The Morgan fingerprint density at radius 3 is 2.63 bits per heavy atom. The quantitative estimate of drug-likeness (QED) is 0.624. The van der Waals surface area contributed by atoms with Gasteiger partial charge in [-0.2, -0.15) is 0 Å². The molecule has 0 atom stereocenters. The Bertz CT molecular complexity index is 1290. The smallest absolute Gasteiger partial charge is 0.256 e. The molecule has 0 fully saturated rings. The minimum Gasteiger partial charge on any atom is -0.330 e. The lowest BCUT2D eigenvalue weighted by Gasteiger charge is -2.23. The first-order valence-electron chi connectivity index (χ1n) is 9.30. The van der Waals surface area contributed by atoms with Crippen LogP contribution in [0.1, 0.15) is 27.0 Å². The van der Waals surface area contributed by atoms with Gasteiger partial charge in [-0.05, 0) is 42.3 Å². The number of anilines is 1. The van der Waals surface area contributed by atoms with Crippen LogP contribution in [0.4, 0.5) is 10.1 Å². The highest BCUT2D eigenvalue weighted by atomic mass is 32.2. The van der Waals surface area contributed by atoms with Crippen LogP contribution in [0.25, 0.3) is 10.9 Å². The molecule has 30 heavy (non-hydrogen) atoms. The number of hydrogen-bond donors (Lipinski definition) is 0. The molecule has 4 rings (SSSR count). The summed E-state index contributed by atoms with van der Waals surface area (Å²) in [5, 5.41) is 1.53. The van der Waals surface area contributed by atoms with Gasteiger partial charge in [0, 0.05) is 42.7 Å². The summed E-state index contributed by atoms with van der Waals surface area (Å²) in [5.41, 5.74) is 3.59. The van der Waals surface area contributed by atoms with Crippen molar-refractivity contribution >= 4 is 32.5 Å². The molecule has 1 aliphatic heterocycles. The van der Waals surface area contributed by atoms with Crippen LogP contribution < -0.4 is 4.31 Å². The first-order chi connectivity index (χ1) is 14.2. The Balaban J connectivity index is 1.89. The molecule has 2 heterocycles. The van der Waals surface area contributed by atoms with Crippen molar-refractivity contribution in [3.05, 3.63) is 82.7 Å². The van der Waals surface area contributed by atoms with Crippen molar-refractivity contribution in [1.29, 1.82) is 0 Å². The van der Waals surface area contributed by atoms with Crippen molar-refractivity contribution in [1.82, 2.24) is 9.88 Å². The van der Waals surface area contributed by atoms with E-state index in [0.29, 0.717) is 33.3 Å². The molecule has 8 heteroatoms. The van der Waals surface area contributed by atoms with Crippen molar-refractivity contribution in [2.24, 2.45) is 0 Å². The molecule has 0 saturated carbocycles. The van der Waals surface area contributed by atoms with E-state index in [0.717, 1.165) is 15.3 Å². The topological polar surface area (TPSA) is 70.6 Å². The second-order valence-electron chi connectivity index (χ2n) is 7.19. The highest BCUT2D eigenvalue weighted by Gasteiger charge is 2.35. The molecule has 0 radical (unpaired) electrons. The van der Waals surface area contributed by atoms with Crippen molar-refractivity contribution in [2.45, 2.75) is 20.0 Å². The third-order valence-electron chi connectivity index (χ3n) is 5.42. The van der Waals surface area contributed by atoms with Crippen LogP contribution in [0.2, 0.25) is 0 Å². The van der Waals surface area contributed by atoms with Gasteiger partial charge in [-0.15, -0.1) is 0 Å². The molecule has 0 saturated heterocycles. The average molecular weight is 425 g/mol. The Kier molecular flexibility index (Phi) is 4.82. The summed E-state index contributed by atoms with van der Waals surface area (Å²) in [5.74, 6) is -0.550. The summed E-state index contributed by atoms with van der Waals surface area (Å²) in [4.78, 5) is 19.3. The number of carbonyl (C=O) groups excluding carboxylic acids is 1. The number of aromatic nitrogens is 1. The Labute approximate surface area is 174 Å². The van der Waals surface area contributed by atoms with Crippen LogP contribution in [0.3, 0.4) is 0 Å². The van der Waals surface area contributed by atoms with Crippen LogP contribution >= 0.6 is 0 Å². The van der Waals surface area contributed by atoms with E-state index in [9.17, 15) is 17.6 Å². The molecule has 0 unspecified atom stereocenters. The summed E-state index contributed by atoms with van der Waals surface area (Å²) < 4.78 is 39.5. The second-order valence-corrected chi connectivity index (χ2v) is 9.10. The van der Waals surface area contributed by atoms with Gasteiger partial charge in [0.15, 0.2) is 0 Å². The summed E-state index contributed by atoms with van der Waals surface area (Å²) in [6, 6.07) is 9.49. The Morgan fingerprint density at radius 1 is 1.27 bits per heavy atom. The third-order valence-corrected chi connectivity index (χ3v) is 6.79. The van der Waals surface area contributed by atoms with Crippen molar-refractivity contribution in [3.8, 4) is 0 Å². The predicted octanol–water partition coefficient (Wildman–Crippen LogP) is 3.75. The number of fused-ring (bicyclic) bond motifs is 2. The minimum absolute atomic E-state index is 0.204. The zero-order valence-electron chi connectivity index (χ0n) is 16.6. The summed E-state index contributed by atoms with van der Waals surface area (Å²) in [7, 11) is -2.33. The van der Waals surface area contributed by atoms with E-state index in [2.05, 4.69) is 11.6 Å². The van der Waals surface area contributed by atoms with Gasteiger partial charge in [0.2, 0.25) is 0 Å². The number of carbonyl (C=O) groups is 1. The first kappa shape index (κ1) is 20.0. The Hall–Kier alpha value is -3.26. The maximum absolute atomic E-state index is 13.3. The van der Waals surface area contributed by atoms with Gasteiger partial charge in [-0.3, -0.25) is 14.1 Å². The molecule has 0 aliphatic carbocycles. The fourth-order valence-electron chi connectivity index (χ4n) is 3.92. The standard InChI is InChI=1S/C22H20FN3O3S/c1-4-30(28,29)25(3)21-17-6-5-11-24-20(17)14(2)19-18(21)13-26(22(19)27)12-15-7-9-16(23)10-8-15/h4-11H,1,12-13H2,2-3H3. The number of amides is 1. The molecule has 1 amide bonds. The number of halogens is 1. The van der Waals surface area contributed by atoms with E-state index in [4.69, 9.17) is 0 Å². The van der Waals surface area contributed by atoms with Crippen LogP contribution in [-0.2, 0) is 23.1 Å². The number of pyridine rings is 1. The van der Waals surface area contributed by atoms with E-state index in [1.807, 2.05) is 6.92 Å². The van der Waals surface area contributed by atoms with Crippen LogP contribution in [-0.4, -0.2) is 31.3 Å². The molecule has 0 bridgehead atoms. The molecular weight excluding hydrogens is 405 g/mol. The molecule has 0 spiro atoms. The number of hydrogen-bond acceptors (Lipinski definition) is 4. The molecular formula is C22H20FN3O3S. The largest absolute Gasteiger partial charge is 0.330 e. The average Bonchev–Trinajstić information content (AvgIpc) is 3.06. The monoisotopic (exact) mass is 425 g/mol. The van der Waals surface area contributed by atoms with E-state index in [1.54, 1.807) is 35.4 Å². The number of sulfonamides is 1. The molecule has 3 aromatic rings. The van der Waals surface area contributed by atoms with Crippen LogP contribution in [0.15, 0.2) is 54.6 Å². The van der Waals surface area contributed by atoms with Gasteiger partial charge >= 0.3 is 0 Å². The van der Waals surface area contributed by atoms with Crippen molar-refractivity contribution in [2.75, 3.05) is 11.4 Å². The van der Waals surface area contributed by atoms with Gasteiger partial charge in [-0.25, -0.2) is 12.8 Å². The van der Waals surface area contributed by atoms with Gasteiger partial charge in [0.25, 0.3) is 15.9 Å². The van der Waals surface area contributed by atoms with Gasteiger partial charge in [-0.1, -0.05) is 18.7 Å². The van der Waals surface area contributed by atoms with E-state index >= 15 is 0 Å². The van der Waals surface area contributed by atoms with Gasteiger partial charge in [0.1, 0.15) is 5.82 Å². The molecule has 154 valence electrons. The lowest BCUT2D eigenvalue weighted by Crippen LogP contribution is -2.26. The molecule has 0 N–H and O–H groups in total. The van der Waals surface area contributed by atoms with E-state index < -0.39 is 10.0 Å². The van der Waals surface area contributed by atoms with Crippen molar-refractivity contribution < 1.29 is 17.6 Å². The van der Waals surface area contributed by atoms with Crippen LogP contribution in [0.5, 0.6) is 0 Å². The predicted molar refractivity (Wildman–Crippen MR) is 114 cm³/mol. The normalized spacial score (nSPS) is 13.6. The van der Waals surface area contributed by atoms with E-state index in [-0.39, 0.29) is 24.8 Å². The lowest BCUT2D eigenvalue weighted by atomic mass is 9.97. The van der Waals surface area contributed by atoms with Gasteiger partial charge < -0.3 is 4.90 Å². The molecule has 1 aromatic heterocycles. The second kappa shape index (κ2) is 7.21. The first-order valence-corrected chi connectivity index (χ1v) is 10.8. The molecule has 6 nitrogen and oxygen atoms in total. The highest BCUT2D eigenvalue weighted by Crippen LogP contribution is 2.41. The SMILES string of the molecule is C=CS(=O)(=O)N(C)c1c2c(c(C)c3ncccc13)C(=O)N(Cc1ccc(F)cc1)C2. The van der Waals surface area contributed by atoms with Crippen LogP contribution in [0, 0.1) is 12.7 Å². The summed E-state index contributed by atoms with van der Waals surface area (Å²) in [6.45, 7) is 5.75. The maximum atomic E-state index is 13.3.